The third-order valence-corrected chi connectivity index (χ3v) is 3.73. The number of carbonyl (C=O) groups excluding carboxylic acids is 1. The molecule has 0 aromatic carbocycles. The highest BCUT2D eigenvalue weighted by molar-refractivity contribution is 5.79. The minimum absolute atomic E-state index is 0.264. The first-order chi connectivity index (χ1) is 8.10. The molecule has 1 rings (SSSR count). The molecule has 0 saturated carbocycles. The van der Waals surface area contributed by atoms with Crippen molar-refractivity contribution in [1.82, 2.24) is 9.80 Å². The van der Waals surface area contributed by atoms with Crippen LogP contribution < -0.4 is 5.73 Å². The van der Waals surface area contributed by atoms with Crippen LogP contribution in [0.4, 0.5) is 0 Å². The van der Waals surface area contributed by atoms with E-state index in [2.05, 4.69) is 30.6 Å². The predicted octanol–water partition coefficient (Wildman–Crippen LogP) is 1.06. The number of hydrogen-bond acceptors (Lipinski definition) is 3. The first kappa shape index (κ1) is 14.5. The van der Waals surface area contributed by atoms with Crippen LogP contribution >= 0.6 is 0 Å². The summed E-state index contributed by atoms with van der Waals surface area (Å²) in [6.45, 7) is 9.22. The average Bonchev–Trinajstić information content (AvgIpc) is 2.28. The van der Waals surface area contributed by atoms with Crippen LogP contribution in [0.25, 0.3) is 0 Å². The molecule has 0 radical (unpaired) electrons. The van der Waals surface area contributed by atoms with E-state index >= 15 is 0 Å². The van der Waals surface area contributed by atoms with Gasteiger partial charge in [0.15, 0.2) is 0 Å². The van der Waals surface area contributed by atoms with Gasteiger partial charge in [0, 0.05) is 25.2 Å². The zero-order valence-corrected chi connectivity index (χ0v) is 11.5. The fourth-order valence-electron chi connectivity index (χ4n) is 2.72. The van der Waals surface area contributed by atoms with Gasteiger partial charge in [0.05, 0.1) is 6.54 Å². The standard InChI is InChI=1S/C13H27N3O/c1-4-15(9-8-14)10-13(17)16-11(2)6-5-7-12(16)3/h11-12H,4-10,14H2,1-3H3. The molecule has 0 spiro atoms. The fraction of sp³-hybridized carbons (Fsp3) is 0.923. The maximum absolute atomic E-state index is 12.3. The Balaban J connectivity index is 2.54. The summed E-state index contributed by atoms with van der Waals surface area (Å²) in [6, 6.07) is 0.783. The monoisotopic (exact) mass is 241 g/mol. The van der Waals surface area contributed by atoms with E-state index in [9.17, 15) is 4.79 Å². The molecule has 0 aromatic rings. The van der Waals surface area contributed by atoms with E-state index in [1.807, 2.05) is 0 Å². The maximum Gasteiger partial charge on any atom is 0.237 e. The molecule has 1 fully saturated rings. The van der Waals surface area contributed by atoms with Crippen LogP contribution in [0.3, 0.4) is 0 Å². The van der Waals surface area contributed by atoms with Gasteiger partial charge in [0.1, 0.15) is 0 Å². The van der Waals surface area contributed by atoms with Crippen molar-refractivity contribution in [3.63, 3.8) is 0 Å². The van der Waals surface area contributed by atoms with Crippen LogP contribution in [0.5, 0.6) is 0 Å². The summed E-state index contributed by atoms with van der Waals surface area (Å²) in [5, 5.41) is 0. The molecule has 2 N–H and O–H groups in total. The second kappa shape index (κ2) is 6.97. The summed E-state index contributed by atoms with van der Waals surface area (Å²) in [6.07, 6.45) is 3.52. The summed E-state index contributed by atoms with van der Waals surface area (Å²) in [5.74, 6) is 0.264. The van der Waals surface area contributed by atoms with Crippen molar-refractivity contribution in [2.24, 2.45) is 5.73 Å². The summed E-state index contributed by atoms with van der Waals surface area (Å²) in [4.78, 5) is 16.5. The average molecular weight is 241 g/mol. The van der Waals surface area contributed by atoms with Crippen LogP contribution in [-0.2, 0) is 4.79 Å². The van der Waals surface area contributed by atoms with Crippen molar-refractivity contribution in [2.45, 2.75) is 52.1 Å². The molecule has 2 unspecified atom stereocenters. The molecule has 0 bridgehead atoms. The Kier molecular flexibility index (Phi) is 5.92. The number of likely N-dealkylation sites (N-methyl/N-ethyl adjacent to an activating group) is 1. The second-order valence-electron chi connectivity index (χ2n) is 5.09. The molecule has 0 aromatic heterocycles. The maximum atomic E-state index is 12.3. The molecule has 0 aliphatic carbocycles. The molecule has 2 atom stereocenters. The van der Waals surface area contributed by atoms with Crippen molar-refractivity contribution in [1.29, 1.82) is 0 Å². The zero-order chi connectivity index (χ0) is 12.8. The molecule has 4 heteroatoms. The SMILES string of the molecule is CCN(CCN)CC(=O)N1C(C)CCCC1C. The van der Waals surface area contributed by atoms with Crippen LogP contribution in [-0.4, -0.2) is 54.0 Å². The first-order valence-electron chi connectivity index (χ1n) is 6.83. The van der Waals surface area contributed by atoms with Crippen LogP contribution in [0.1, 0.15) is 40.0 Å². The van der Waals surface area contributed by atoms with E-state index in [4.69, 9.17) is 5.73 Å². The molecule has 17 heavy (non-hydrogen) atoms. The predicted molar refractivity (Wildman–Crippen MR) is 70.8 cm³/mol. The van der Waals surface area contributed by atoms with Gasteiger partial charge in [-0.25, -0.2) is 0 Å². The van der Waals surface area contributed by atoms with Gasteiger partial charge in [0.25, 0.3) is 0 Å². The summed E-state index contributed by atoms with van der Waals surface area (Å²) < 4.78 is 0. The molecule has 1 aliphatic rings. The molecule has 1 aliphatic heterocycles. The lowest BCUT2D eigenvalue weighted by Gasteiger charge is -2.40. The Morgan fingerprint density at radius 1 is 1.35 bits per heavy atom. The van der Waals surface area contributed by atoms with Crippen molar-refractivity contribution in [2.75, 3.05) is 26.2 Å². The highest BCUT2D eigenvalue weighted by Crippen LogP contribution is 2.22. The molecule has 1 heterocycles. The summed E-state index contributed by atoms with van der Waals surface area (Å²) >= 11 is 0. The van der Waals surface area contributed by atoms with Gasteiger partial charge in [-0.15, -0.1) is 0 Å². The largest absolute Gasteiger partial charge is 0.336 e. The highest BCUT2D eigenvalue weighted by atomic mass is 16.2. The normalized spacial score (nSPS) is 25.4. The minimum atomic E-state index is 0.264. The lowest BCUT2D eigenvalue weighted by Crippen LogP contribution is -2.51. The van der Waals surface area contributed by atoms with E-state index < -0.39 is 0 Å². The van der Waals surface area contributed by atoms with Crippen LogP contribution in [0.2, 0.25) is 0 Å². The molecule has 100 valence electrons. The molecule has 4 nitrogen and oxygen atoms in total. The lowest BCUT2D eigenvalue weighted by atomic mass is 9.97. The third kappa shape index (κ3) is 3.96. The minimum Gasteiger partial charge on any atom is -0.336 e. The Morgan fingerprint density at radius 3 is 2.41 bits per heavy atom. The van der Waals surface area contributed by atoms with E-state index in [1.54, 1.807) is 0 Å². The molecule has 1 amide bonds. The van der Waals surface area contributed by atoms with Gasteiger partial charge in [-0.05, 0) is 39.7 Å². The van der Waals surface area contributed by atoms with E-state index in [0.717, 1.165) is 25.9 Å². The first-order valence-corrected chi connectivity index (χ1v) is 6.83. The number of carbonyl (C=O) groups is 1. The van der Waals surface area contributed by atoms with Crippen LogP contribution in [0.15, 0.2) is 0 Å². The number of hydrogen-bond donors (Lipinski definition) is 1. The summed E-state index contributed by atoms with van der Waals surface area (Å²) in [5.41, 5.74) is 5.55. The van der Waals surface area contributed by atoms with Gasteiger partial charge in [-0.3, -0.25) is 9.69 Å². The lowest BCUT2D eigenvalue weighted by molar-refractivity contribution is -0.138. The van der Waals surface area contributed by atoms with E-state index in [1.165, 1.54) is 6.42 Å². The van der Waals surface area contributed by atoms with Crippen LogP contribution in [0, 0.1) is 0 Å². The fourth-order valence-corrected chi connectivity index (χ4v) is 2.72. The number of likely N-dealkylation sites (tertiary alicyclic amines) is 1. The Bertz CT molecular complexity index is 235. The topological polar surface area (TPSA) is 49.6 Å². The number of nitrogens with two attached hydrogens (primary N) is 1. The van der Waals surface area contributed by atoms with Crippen molar-refractivity contribution < 1.29 is 4.79 Å². The van der Waals surface area contributed by atoms with Crippen molar-refractivity contribution in [3.8, 4) is 0 Å². The van der Waals surface area contributed by atoms with Gasteiger partial charge in [0.2, 0.25) is 5.91 Å². The Labute approximate surface area is 105 Å². The molecule has 1 saturated heterocycles. The third-order valence-electron chi connectivity index (χ3n) is 3.73. The van der Waals surface area contributed by atoms with E-state index in [-0.39, 0.29) is 5.91 Å². The zero-order valence-electron chi connectivity index (χ0n) is 11.5. The van der Waals surface area contributed by atoms with Gasteiger partial charge in [-0.1, -0.05) is 6.92 Å². The van der Waals surface area contributed by atoms with Gasteiger partial charge in [-0.2, -0.15) is 0 Å². The summed E-state index contributed by atoms with van der Waals surface area (Å²) in [7, 11) is 0. The Hall–Kier alpha value is -0.610. The van der Waals surface area contributed by atoms with E-state index in [0.29, 0.717) is 25.2 Å². The Morgan fingerprint density at radius 2 is 1.94 bits per heavy atom. The second-order valence-corrected chi connectivity index (χ2v) is 5.09. The number of nitrogens with zero attached hydrogens (tertiary/aromatic N) is 2. The smallest absolute Gasteiger partial charge is 0.237 e. The quantitative estimate of drug-likeness (QED) is 0.783. The molecular formula is C13H27N3O. The number of amides is 1. The highest BCUT2D eigenvalue weighted by Gasteiger charge is 2.29. The molecular weight excluding hydrogens is 214 g/mol. The van der Waals surface area contributed by atoms with Crippen molar-refractivity contribution >= 4 is 5.91 Å². The van der Waals surface area contributed by atoms with Gasteiger partial charge >= 0.3 is 0 Å². The van der Waals surface area contributed by atoms with Crippen molar-refractivity contribution in [3.05, 3.63) is 0 Å². The van der Waals surface area contributed by atoms with Gasteiger partial charge < -0.3 is 10.6 Å². The number of rotatable bonds is 5. The number of piperidine rings is 1.